The monoisotopic (exact) mass is 357 g/mol. The Morgan fingerprint density at radius 2 is 1.77 bits per heavy atom. The molecule has 0 aliphatic heterocycles. The first-order valence-electron chi connectivity index (χ1n) is 8.59. The summed E-state index contributed by atoms with van der Waals surface area (Å²) in [6.45, 7) is 5.80. The lowest BCUT2D eigenvalue weighted by Crippen LogP contribution is -2.17. The van der Waals surface area contributed by atoms with Gasteiger partial charge in [-0.15, -0.1) is 0 Å². The molecule has 0 radical (unpaired) electrons. The minimum atomic E-state index is -0.544. The number of hydrogen-bond acceptors (Lipinski definition) is 6. The van der Waals surface area contributed by atoms with Crippen molar-refractivity contribution in [2.45, 2.75) is 33.1 Å². The summed E-state index contributed by atoms with van der Waals surface area (Å²) >= 11 is 0. The summed E-state index contributed by atoms with van der Waals surface area (Å²) in [6, 6.07) is 10.9. The number of carbonyl (C=O) groups excluding carboxylic acids is 2. The first kappa shape index (κ1) is 19.4. The number of pyridine rings is 1. The topological polar surface area (TPSA) is 74.7 Å². The van der Waals surface area contributed by atoms with Gasteiger partial charge in [0, 0.05) is 12.3 Å². The lowest BCUT2D eigenvalue weighted by atomic mass is 9.96. The summed E-state index contributed by atoms with van der Waals surface area (Å²) < 4.78 is 15.8. The van der Waals surface area contributed by atoms with E-state index in [4.69, 9.17) is 14.2 Å². The van der Waals surface area contributed by atoms with Crippen LogP contribution in [0.5, 0.6) is 11.6 Å². The van der Waals surface area contributed by atoms with Crippen molar-refractivity contribution in [2.75, 3.05) is 13.2 Å². The second-order valence-electron chi connectivity index (χ2n) is 5.59. The molecule has 2 aromatic rings. The van der Waals surface area contributed by atoms with Crippen molar-refractivity contribution in [3.63, 3.8) is 0 Å². The number of benzene rings is 1. The van der Waals surface area contributed by atoms with Gasteiger partial charge in [0.2, 0.25) is 5.88 Å². The third-order valence-corrected chi connectivity index (χ3v) is 3.71. The molecular weight excluding hydrogens is 334 g/mol. The maximum absolute atomic E-state index is 12.1. The Hall–Kier alpha value is -2.89. The minimum Gasteiger partial charge on any atom is -0.466 e. The molecule has 1 atom stereocenters. The van der Waals surface area contributed by atoms with Crippen LogP contribution in [0, 0.1) is 0 Å². The van der Waals surface area contributed by atoms with Gasteiger partial charge in [0.1, 0.15) is 5.75 Å². The van der Waals surface area contributed by atoms with Gasteiger partial charge in [0.15, 0.2) is 0 Å². The Kier molecular flexibility index (Phi) is 7.14. The van der Waals surface area contributed by atoms with Gasteiger partial charge in [0.05, 0.1) is 25.6 Å². The summed E-state index contributed by atoms with van der Waals surface area (Å²) in [5, 5.41) is 0. The maximum Gasteiger partial charge on any atom is 0.313 e. The molecule has 1 unspecified atom stereocenters. The molecule has 2 rings (SSSR count). The predicted octanol–water partition coefficient (Wildman–Crippen LogP) is 3.65. The highest BCUT2D eigenvalue weighted by molar-refractivity contribution is 5.80. The Morgan fingerprint density at radius 1 is 1.08 bits per heavy atom. The van der Waals surface area contributed by atoms with Gasteiger partial charge >= 0.3 is 11.9 Å². The van der Waals surface area contributed by atoms with Gasteiger partial charge in [0.25, 0.3) is 0 Å². The van der Waals surface area contributed by atoms with Crippen LogP contribution in [-0.4, -0.2) is 30.1 Å². The first-order valence-corrected chi connectivity index (χ1v) is 8.59. The third-order valence-electron chi connectivity index (χ3n) is 3.71. The van der Waals surface area contributed by atoms with E-state index in [2.05, 4.69) is 4.98 Å². The molecule has 1 aromatic carbocycles. The van der Waals surface area contributed by atoms with Crippen molar-refractivity contribution < 1.29 is 23.8 Å². The number of ether oxygens (including phenoxy) is 3. The largest absolute Gasteiger partial charge is 0.466 e. The average Bonchev–Trinajstić information content (AvgIpc) is 2.62. The lowest BCUT2D eigenvalue weighted by Gasteiger charge is -2.16. The molecule has 0 saturated carbocycles. The van der Waals surface area contributed by atoms with Gasteiger partial charge in [-0.1, -0.05) is 18.2 Å². The van der Waals surface area contributed by atoms with Crippen LogP contribution in [0.15, 0.2) is 42.6 Å². The highest BCUT2D eigenvalue weighted by atomic mass is 16.5. The predicted molar refractivity (Wildman–Crippen MR) is 96.1 cm³/mol. The zero-order valence-corrected chi connectivity index (χ0v) is 15.2. The fourth-order valence-corrected chi connectivity index (χ4v) is 2.46. The van der Waals surface area contributed by atoms with E-state index >= 15 is 0 Å². The Balaban J connectivity index is 2.31. The third kappa shape index (κ3) is 5.31. The van der Waals surface area contributed by atoms with E-state index in [-0.39, 0.29) is 18.4 Å². The molecule has 26 heavy (non-hydrogen) atoms. The van der Waals surface area contributed by atoms with Crippen LogP contribution in [0.4, 0.5) is 0 Å². The van der Waals surface area contributed by atoms with Crippen LogP contribution in [0.1, 0.15) is 37.8 Å². The number of hydrogen-bond donors (Lipinski definition) is 0. The van der Waals surface area contributed by atoms with Gasteiger partial charge in [-0.3, -0.25) is 9.59 Å². The SMILES string of the molecule is CCOC(=O)Cc1cc(Oc2ccccc2)ncc1C(C)C(=O)OCC. The highest BCUT2D eigenvalue weighted by Gasteiger charge is 2.22. The summed E-state index contributed by atoms with van der Waals surface area (Å²) in [5.41, 5.74) is 1.25. The molecule has 0 saturated heterocycles. The second kappa shape index (κ2) is 9.56. The van der Waals surface area contributed by atoms with Crippen LogP contribution >= 0.6 is 0 Å². The lowest BCUT2D eigenvalue weighted by molar-refractivity contribution is -0.145. The quantitative estimate of drug-likeness (QED) is 0.672. The van der Waals surface area contributed by atoms with Crippen LogP contribution in [0.2, 0.25) is 0 Å². The van der Waals surface area contributed by atoms with Gasteiger partial charge in [-0.05, 0) is 44.0 Å². The standard InChI is InChI=1S/C20H23NO5/c1-4-24-19(22)12-15-11-18(26-16-9-7-6-8-10-16)21-13-17(15)14(3)20(23)25-5-2/h6-11,13-14H,4-5,12H2,1-3H3. The number of rotatable bonds is 8. The molecule has 0 aliphatic carbocycles. The molecule has 0 aliphatic rings. The molecule has 0 N–H and O–H groups in total. The molecule has 0 bridgehead atoms. The van der Waals surface area contributed by atoms with Crippen LogP contribution in [0.3, 0.4) is 0 Å². The van der Waals surface area contributed by atoms with Crippen molar-refractivity contribution >= 4 is 11.9 Å². The summed E-state index contributed by atoms with van der Waals surface area (Å²) in [5.74, 6) is -0.306. The molecular formula is C20H23NO5. The average molecular weight is 357 g/mol. The second-order valence-corrected chi connectivity index (χ2v) is 5.59. The number of nitrogens with zero attached hydrogens (tertiary/aromatic N) is 1. The Morgan fingerprint density at radius 3 is 2.42 bits per heavy atom. The summed E-state index contributed by atoms with van der Waals surface area (Å²) in [7, 11) is 0. The van der Waals surface area contributed by atoms with Crippen molar-refractivity contribution in [2.24, 2.45) is 0 Å². The molecule has 138 valence electrons. The van der Waals surface area contributed by atoms with Crippen LogP contribution < -0.4 is 4.74 Å². The highest BCUT2D eigenvalue weighted by Crippen LogP contribution is 2.27. The zero-order valence-electron chi connectivity index (χ0n) is 15.2. The van der Waals surface area contributed by atoms with Crippen molar-refractivity contribution in [3.05, 3.63) is 53.7 Å². The molecule has 1 heterocycles. The van der Waals surface area contributed by atoms with E-state index in [0.717, 1.165) is 0 Å². The van der Waals surface area contributed by atoms with Crippen LogP contribution in [0.25, 0.3) is 0 Å². The number of aromatic nitrogens is 1. The molecule has 0 amide bonds. The number of carbonyl (C=O) groups is 2. The van der Waals surface area contributed by atoms with Crippen molar-refractivity contribution in [1.82, 2.24) is 4.98 Å². The first-order chi connectivity index (χ1) is 12.5. The van der Waals surface area contributed by atoms with Crippen LogP contribution in [-0.2, 0) is 25.5 Å². The van der Waals surface area contributed by atoms with Crippen molar-refractivity contribution in [3.8, 4) is 11.6 Å². The van der Waals surface area contributed by atoms with E-state index in [1.54, 1.807) is 33.0 Å². The minimum absolute atomic E-state index is 0.0284. The molecule has 6 heteroatoms. The molecule has 1 aromatic heterocycles. The van der Waals surface area contributed by atoms with E-state index in [1.807, 2.05) is 30.3 Å². The number of para-hydroxylation sites is 1. The van der Waals surface area contributed by atoms with Crippen molar-refractivity contribution in [1.29, 1.82) is 0 Å². The Labute approximate surface area is 153 Å². The summed E-state index contributed by atoms with van der Waals surface area (Å²) in [6.07, 6.45) is 1.58. The Bertz CT molecular complexity index is 745. The van der Waals surface area contributed by atoms with Gasteiger partial charge in [-0.2, -0.15) is 0 Å². The van der Waals surface area contributed by atoms with E-state index in [0.29, 0.717) is 36.0 Å². The summed E-state index contributed by atoms with van der Waals surface area (Å²) in [4.78, 5) is 28.3. The zero-order chi connectivity index (χ0) is 18.9. The maximum atomic E-state index is 12.1. The molecule has 6 nitrogen and oxygen atoms in total. The van der Waals surface area contributed by atoms with E-state index < -0.39 is 5.92 Å². The van der Waals surface area contributed by atoms with Gasteiger partial charge in [-0.25, -0.2) is 4.98 Å². The molecule has 0 spiro atoms. The van der Waals surface area contributed by atoms with Gasteiger partial charge < -0.3 is 14.2 Å². The number of esters is 2. The normalized spacial score (nSPS) is 11.5. The van der Waals surface area contributed by atoms with E-state index in [9.17, 15) is 9.59 Å². The molecule has 0 fully saturated rings. The smallest absolute Gasteiger partial charge is 0.313 e. The van der Waals surface area contributed by atoms with E-state index in [1.165, 1.54) is 0 Å². The fourth-order valence-electron chi connectivity index (χ4n) is 2.46. The fraction of sp³-hybridized carbons (Fsp3) is 0.350.